The highest BCUT2D eigenvalue weighted by Crippen LogP contribution is 2.12. The summed E-state index contributed by atoms with van der Waals surface area (Å²) in [6.07, 6.45) is 0. The second-order valence-electron chi connectivity index (χ2n) is 5.86. The SMILES string of the molecule is N#Cc1cccc(NC(=O)c2cccc(C(=O)NCc3ccc(Cl)cc3)n2)c1. The number of pyridine rings is 1. The summed E-state index contributed by atoms with van der Waals surface area (Å²) in [6.45, 7) is 0.315. The average molecular weight is 391 g/mol. The molecule has 2 amide bonds. The molecule has 0 radical (unpaired) electrons. The largest absolute Gasteiger partial charge is 0.347 e. The van der Waals surface area contributed by atoms with Crippen LogP contribution in [0.1, 0.15) is 32.1 Å². The van der Waals surface area contributed by atoms with Crippen LogP contribution < -0.4 is 10.6 Å². The van der Waals surface area contributed by atoms with E-state index in [9.17, 15) is 9.59 Å². The molecule has 138 valence electrons. The van der Waals surface area contributed by atoms with Gasteiger partial charge in [0, 0.05) is 17.3 Å². The van der Waals surface area contributed by atoms with Crippen molar-refractivity contribution in [3.63, 3.8) is 0 Å². The molecule has 0 unspecified atom stereocenters. The molecule has 0 spiro atoms. The van der Waals surface area contributed by atoms with Gasteiger partial charge in [-0.1, -0.05) is 35.9 Å². The molecule has 0 aliphatic heterocycles. The molecule has 0 aliphatic carbocycles. The van der Waals surface area contributed by atoms with Crippen molar-refractivity contribution in [2.24, 2.45) is 0 Å². The number of nitrogens with one attached hydrogen (secondary N) is 2. The summed E-state index contributed by atoms with van der Waals surface area (Å²) in [6, 6.07) is 20.3. The minimum atomic E-state index is -0.470. The third-order valence-electron chi connectivity index (χ3n) is 3.83. The van der Waals surface area contributed by atoms with Gasteiger partial charge in [-0.3, -0.25) is 9.59 Å². The topological polar surface area (TPSA) is 94.9 Å². The number of amides is 2. The summed E-state index contributed by atoms with van der Waals surface area (Å²) in [5.74, 6) is -0.862. The molecular formula is C21H15ClN4O2. The molecule has 3 rings (SSSR count). The first-order valence-corrected chi connectivity index (χ1v) is 8.74. The molecule has 0 saturated heterocycles. The number of nitrogens with zero attached hydrogens (tertiary/aromatic N) is 2. The number of carbonyl (C=O) groups is 2. The third kappa shape index (κ3) is 4.93. The Labute approximate surface area is 166 Å². The van der Waals surface area contributed by atoms with Crippen molar-refractivity contribution >= 4 is 29.1 Å². The van der Waals surface area contributed by atoms with Crippen LogP contribution in [-0.2, 0) is 6.54 Å². The highest BCUT2D eigenvalue weighted by atomic mass is 35.5. The van der Waals surface area contributed by atoms with Crippen LogP contribution in [0, 0.1) is 11.3 Å². The molecule has 6 nitrogen and oxygen atoms in total. The number of rotatable bonds is 5. The Morgan fingerprint density at radius 3 is 2.36 bits per heavy atom. The van der Waals surface area contributed by atoms with Gasteiger partial charge in [-0.2, -0.15) is 5.26 Å². The van der Waals surface area contributed by atoms with Crippen LogP contribution in [0.25, 0.3) is 0 Å². The fourth-order valence-corrected chi connectivity index (χ4v) is 2.55. The van der Waals surface area contributed by atoms with E-state index in [4.69, 9.17) is 16.9 Å². The van der Waals surface area contributed by atoms with Gasteiger partial charge in [0.15, 0.2) is 0 Å². The maximum absolute atomic E-state index is 12.4. The fourth-order valence-electron chi connectivity index (χ4n) is 2.42. The molecule has 0 fully saturated rings. The molecule has 2 N–H and O–H groups in total. The van der Waals surface area contributed by atoms with Gasteiger partial charge in [0.05, 0.1) is 11.6 Å². The van der Waals surface area contributed by atoms with Crippen molar-refractivity contribution in [3.8, 4) is 6.07 Å². The van der Waals surface area contributed by atoms with Gasteiger partial charge in [-0.15, -0.1) is 0 Å². The smallest absolute Gasteiger partial charge is 0.274 e. The molecule has 0 atom stereocenters. The van der Waals surface area contributed by atoms with Crippen LogP contribution in [0.3, 0.4) is 0 Å². The predicted molar refractivity (Wildman–Crippen MR) is 106 cm³/mol. The molecule has 1 aromatic heterocycles. The number of benzene rings is 2. The van der Waals surface area contributed by atoms with Crippen LogP contribution in [0.2, 0.25) is 5.02 Å². The number of carbonyl (C=O) groups excluding carboxylic acids is 2. The summed E-state index contributed by atoms with van der Waals surface area (Å²) in [4.78, 5) is 28.9. The molecule has 3 aromatic rings. The van der Waals surface area contributed by atoms with Crippen molar-refractivity contribution in [3.05, 3.63) is 94.3 Å². The van der Waals surface area contributed by atoms with Gasteiger partial charge in [0.25, 0.3) is 11.8 Å². The quantitative estimate of drug-likeness (QED) is 0.692. The van der Waals surface area contributed by atoms with Crippen LogP contribution in [0.15, 0.2) is 66.7 Å². The predicted octanol–water partition coefficient (Wildman–Crippen LogP) is 3.79. The van der Waals surface area contributed by atoms with Crippen LogP contribution >= 0.6 is 11.6 Å². The summed E-state index contributed by atoms with van der Waals surface area (Å²) in [5.41, 5.74) is 2.03. The van der Waals surface area contributed by atoms with Crippen molar-refractivity contribution in [2.75, 3.05) is 5.32 Å². The zero-order valence-corrected chi connectivity index (χ0v) is 15.4. The van der Waals surface area contributed by atoms with E-state index in [1.807, 2.05) is 18.2 Å². The average Bonchev–Trinajstić information content (AvgIpc) is 2.73. The highest BCUT2D eigenvalue weighted by Gasteiger charge is 2.13. The Kier molecular flexibility index (Phi) is 6.00. The Bertz CT molecular complexity index is 1060. The lowest BCUT2D eigenvalue weighted by Gasteiger charge is -2.08. The molecule has 1 heterocycles. The first kappa shape index (κ1) is 19.1. The Balaban J connectivity index is 1.66. The van der Waals surface area contributed by atoms with Crippen LogP contribution in [0.5, 0.6) is 0 Å². The van der Waals surface area contributed by atoms with E-state index in [-0.39, 0.29) is 11.4 Å². The number of nitriles is 1. The van der Waals surface area contributed by atoms with E-state index < -0.39 is 11.8 Å². The molecule has 7 heteroatoms. The maximum Gasteiger partial charge on any atom is 0.274 e. The standard InChI is InChI=1S/C21H15ClN4O2/c22-16-9-7-14(8-10-16)13-24-20(27)18-5-2-6-19(26-18)21(28)25-17-4-1-3-15(11-17)12-23/h1-11H,13H2,(H,24,27)(H,25,28). The summed E-state index contributed by atoms with van der Waals surface area (Å²) >= 11 is 5.84. The van der Waals surface area contributed by atoms with Gasteiger partial charge < -0.3 is 10.6 Å². The highest BCUT2D eigenvalue weighted by molar-refractivity contribution is 6.30. The van der Waals surface area contributed by atoms with Crippen LogP contribution in [-0.4, -0.2) is 16.8 Å². The lowest BCUT2D eigenvalue weighted by Crippen LogP contribution is -2.25. The van der Waals surface area contributed by atoms with Crippen molar-refractivity contribution in [1.82, 2.24) is 10.3 Å². The lowest BCUT2D eigenvalue weighted by atomic mass is 10.2. The minimum absolute atomic E-state index is 0.0986. The van der Waals surface area contributed by atoms with Gasteiger partial charge in [-0.05, 0) is 48.0 Å². The second-order valence-corrected chi connectivity index (χ2v) is 6.30. The van der Waals surface area contributed by atoms with E-state index in [1.54, 1.807) is 42.5 Å². The van der Waals surface area contributed by atoms with E-state index in [0.717, 1.165) is 5.56 Å². The second kappa shape index (κ2) is 8.80. The molecular weight excluding hydrogens is 376 g/mol. The van der Waals surface area contributed by atoms with Gasteiger partial charge in [-0.25, -0.2) is 4.98 Å². The summed E-state index contributed by atoms with van der Waals surface area (Å²) < 4.78 is 0. The lowest BCUT2D eigenvalue weighted by molar-refractivity contribution is 0.0945. The van der Waals surface area contributed by atoms with Crippen molar-refractivity contribution < 1.29 is 9.59 Å². The van der Waals surface area contributed by atoms with Gasteiger partial charge in [0.2, 0.25) is 0 Å². The maximum atomic E-state index is 12.4. The molecule has 0 bridgehead atoms. The number of anilines is 1. The van der Waals surface area contributed by atoms with E-state index >= 15 is 0 Å². The van der Waals surface area contributed by atoms with Gasteiger partial charge >= 0.3 is 0 Å². The van der Waals surface area contributed by atoms with Crippen molar-refractivity contribution in [2.45, 2.75) is 6.54 Å². The van der Waals surface area contributed by atoms with E-state index in [1.165, 1.54) is 12.1 Å². The van der Waals surface area contributed by atoms with E-state index in [2.05, 4.69) is 15.6 Å². The van der Waals surface area contributed by atoms with Crippen LogP contribution in [0.4, 0.5) is 5.69 Å². The first-order valence-electron chi connectivity index (χ1n) is 8.36. The number of halogens is 1. The number of hydrogen-bond acceptors (Lipinski definition) is 4. The Hall–Kier alpha value is -3.69. The number of aromatic nitrogens is 1. The summed E-state index contributed by atoms with van der Waals surface area (Å²) in [7, 11) is 0. The fraction of sp³-hybridized carbons (Fsp3) is 0.0476. The van der Waals surface area contributed by atoms with E-state index in [0.29, 0.717) is 22.8 Å². The zero-order chi connectivity index (χ0) is 19.9. The minimum Gasteiger partial charge on any atom is -0.347 e. The third-order valence-corrected chi connectivity index (χ3v) is 4.08. The molecule has 0 saturated carbocycles. The monoisotopic (exact) mass is 390 g/mol. The first-order chi connectivity index (χ1) is 13.5. The summed E-state index contributed by atoms with van der Waals surface area (Å²) in [5, 5.41) is 15.0. The zero-order valence-electron chi connectivity index (χ0n) is 14.6. The molecule has 2 aromatic carbocycles. The number of hydrogen-bond donors (Lipinski definition) is 2. The van der Waals surface area contributed by atoms with Crippen molar-refractivity contribution in [1.29, 1.82) is 5.26 Å². The van der Waals surface area contributed by atoms with Gasteiger partial charge in [0.1, 0.15) is 11.4 Å². The Morgan fingerprint density at radius 1 is 0.964 bits per heavy atom. The molecule has 0 aliphatic rings. The Morgan fingerprint density at radius 2 is 1.64 bits per heavy atom. The normalized spacial score (nSPS) is 10.0. The molecule has 28 heavy (non-hydrogen) atoms.